The highest BCUT2D eigenvalue weighted by Gasteiger charge is 2.31. The van der Waals surface area contributed by atoms with Gasteiger partial charge >= 0.3 is 6.09 Å². The minimum Gasteiger partial charge on any atom is -0.489 e. The van der Waals surface area contributed by atoms with Crippen LogP contribution in [-0.4, -0.2) is 54.1 Å². The largest absolute Gasteiger partial charge is 0.489 e. The molecule has 148 valence electrons. The molecule has 1 aromatic carbocycles. The summed E-state index contributed by atoms with van der Waals surface area (Å²) in [6.07, 6.45) is -0.616. The van der Waals surface area contributed by atoms with Gasteiger partial charge in [-0.3, -0.25) is 14.5 Å². The average Bonchev–Trinajstić information content (AvgIpc) is 2.71. The predicted molar refractivity (Wildman–Crippen MR) is 101 cm³/mol. The molecule has 1 aliphatic rings. The molecule has 0 spiro atoms. The Bertz CT molecular complexity index is 741. The summed E-state index contributed by atoms with van der Waals surface area (Å²) in [7, 11) is 1.47. The summed E-state index contributed by atoms with van der Waals surface area (Å²) >= 11 is 0. The highest BCUT2D eigenvalue weighted by atomic mass is 16.6. The molecule has 2 atom stereocenters. The average molecular weight is 377 g/mol. The van der Waals surface area contributed by atoms with E-state index < -0.39 is 29.7 Å². The van der Waals surface area contributed by atoms with Crippen LogP contribution in [0.1, 0.15) is 33.3 Å². The van der Waals surface area contributed by atoms with Crippen molar-refractivity contribution >= 4 is 23.6 Å². The van der Waals surface area contributed by atoms with E-state index in [0.29, 0.717) is 11.4 Å². The van der Waals surface area contributed by atoms with Gasteiger partial charge in [0.25, 0.3) is 5.91 Å². The second-order valence-corrected chi connectivity index (χ2v) is 7.63. The van der Waals surface area contributed by atoms with E-state index in [4.69, 9.17) is 9.47 Å². The number of carbonyl (C=O) groups is 3. The van der Waals surface area contributed by atoms with Crippen molar-refractivity contribution in [2.75, 3.05) is 19.0 Å². The molecule has 2 rings (SSSR count). The molecule has 0 aromatic heterocycles. The molecular formula is C19H27N3O5. The van der Waals surface area contributed by atoms with Crippen molar-refractivity contribution in [3.8, 4) is 5.75 Å². The van der Waals surface area contributed by atoms with Crippen molar-refractivity contribution in [2.45, 2.75) is 52.3 Å². The third-order valence-electron chi connectivity index (χ3n) is 4.08. The van der Waals surface area contributed by atoms with Crippen molar-refractivity contribution in [1.82, 2.24) is 10.2 Å². The van der Waals surface area contributed by atoms with E-state index in [1.165, 1.54) is 11.9 Å². The number of nitrogens with one attached hydrogen (secondary N) is 2. The number of amides is 3. The molecule has 1 heterocycles. The van der Waals surface area contributed by atoms with Gasteiger partial charge in [0.1, 0.15) is 30.0 Å². The van der Waals surface area contributed by atoms with Gasteiger partial charge in [0.2, 0.25) is 5.91 Å². The highest BCUT2D eigenvalue weighted by Crippen LogP contribution is 2.27. The molecule has 0 bridgehead atoms. The summed E-state index contributed by atoms with van der Waals surface area (Å²) < 4.78 is 10.9. The normalized spacial score (nSPS) is 17.6. The quantitative estimate of drug-likeness (QED) is 0.840. The SMILES string of the molecule is Cc1ccc2c(c1)OCC(NC(=O)[C@H](C)N(C)C(=O)OC(C)(C)C)C(=O)N2. The van der Waals surface area contributed by atoms with Crippen LogP contribution >= 0.6 is 0 Å². The van der Waals surface area contributed by atoms with Gasteiger partial charge < -0.3 is 20.1 Å². The number of aryl methyl sites for hydroxylation is 1. The van der Waals surface area contributed by atoms with Crippen molar-refractivity contribution in [2.24, 2.45) is 0 Å². The van der Waals surface area contributed by atoms with Gasteiger partial charge in [-0.2, -0.15) is 0 Å². The number of hydrogen-bond donors (Lipinski definition) is 2. The number of benzene rings is 1. The van der Waals surface area contributed by atoms with Crippen LogP contribution in [0.25, 0.3) is 0 Å². The molecule has 27 heavy (non-hydrogen) atoms. The van der Waals surface area contributed by atoms with E-state index in [9.17, 15) is 14.4 Å². The zero-order valence-corrected chi connectivity index (χ0v) is 16.6. The fourth-order valence-corrected chi connectivity index (χ4v) is 2.39. The van der Waals surface area contributed by atoms with Gasteiger partial charge in [-0.15, -0.1) is 0 Å². The molecule has 2 N–H and O–H groups in total. The maximum absolute atomic E-state index is 12.5. The van der Waals surface area contributed by atoms with E-state index in [2.05, 4.69) is 10.6 Å². The third kappa shape index (κ3) is 5.35. The third-order valence-corrected chi connectivity index (χ3v) is 4.08. The molecular weight excluding hydrogens is 350 g/mol. The van der Waals surface area contributed by atoms with Crippen LogP contribution in [-0.2, 0) is 14.3 Å². The molecule has 1 aromatic rings. The first-order chi connectivity index (χ1) is 12.5. The lowest BCUT2D eigenvalue weighted by molar-refractivity contribution is -0.129. The maximum Gasteiger partial charge on any atom is 0.410 e. The van der Waals surface area contributed by atoms with Crippen molar-refractivity contribution < 1.29 is 23.9 Å². The zero-order valence-electron chi connectivity index (χ0n) is 16.6. The van der Waals surface area contributed by atoms with Crippen molar-refractivity contribution in [3.63, 3.8) is 0 Å². The van der Waals surface area contributed by atoms with Gasteiger partial charge in [0, 0.05) is 7.05 Å². The van der Waals surface area contributed by atoms with Crippen LogP contribution < -0.4 is 15.4 Å². The Balaban J connectivity index is 2.00. The molecule has 8 nitrogen and oxygen atoms in total. The van der Waals surface area contributed by atoms with Crippen LogP contribution in [0.4, 0.5) is 10.5 Å². The summed E-state index contributed by atoms with van der Waals surface area (Å²) in [5, 5.41) is 5.37. The topological polar surface area (TPSA) is 97.0 Å². The molecule has 1 unspecified atom stereocenters. The van der Waals surface area contributed by atoms with E-state index in [0.717, 1.165) is 5.56 Å². The molecule has 0 saturated carbocycles. The first-order valence-corrected chi connectivity index (χ1v) is 8.78. The zero-order chi connectivity index (χ0) is 20.4. The van der Waals surface area contributed by atoms with Crippen LogP contribution in [0.2, 0.25) is 0 Å². The Morgan fingerprint density at radius 3 is 2.67 bits per heavy atom. The van der Waals surface area contributed by atoms with E-state index in [1.807, 2.05) is 19.1 Å². The standard InChI is InChI=1S/C19H27N3O5/c1-11-7-8-13-15(9-11)26-10-14(17(24)20-13)21-16(23)12(2)22(6)18(25)27-19(3,4)5/h7-9,12,14H,10H2,1-6H3,(H,20,24)(H,21,23)/t12-,14?/m0/s1. The monoisotopic (exact) mass is 377 g/mol. The van der Waals surface area contributed by atoms with Crippen molar-refractivity contribution in [1.29, 1.82) is 0 Å². The van der Waals surface area contributed by atoms with E-state index in [-0.39, 0.29) is 12.5 Å². The first-order valence-electron chi connectivity index (χ1n) is 8.78. The lowest BCUT2D eigenvalue weighted by atomic mass is 10.2. The Morgan fingerprint density at radius 2 is 2.04 bits per heavy atom. The molecule has 0 fully saturated rings. The highest BCUT2D eigenvalue weighted by molar-refractivity contribution is 5.99. The lowest BCUT2D eigenvalue weighted by Crippen LogP contribution is -2.53. The van der Waals surface area contributed by atoms with E-state index in [1.54, 1.807) is 33.8 Å². The lowest BCUT2D eigenvalue weighted by Gasteiger charge is -2.28. The summed E-state index contributed by atoms with van der Waals surface area (Å²) in [5.74, 6) is -0.300. The molecule has 3 amide bonds. The van der Waals surface area contributed by atoms with Gasteiger partial charge in [0.05, 0.1) is 5.69 Å². The van der Waals surface area contributed by atoms with Gasteiger partial charge in [0.15, 0.2) is 0 Å². The van der Waals surface area contributed by atoms with Crippen LogP contribution in [0.15, 0.2) is 18.2 Å². The molecule has 0 radical (unpaired) electrons. The van der Waals surface area contributed by atoms with Gasteiger partial charge in [-0.1, -0.05) is 6.07 Å². The Hall–Kier alpha value is -2.77. The number of rotatable bonds is 3. The fourth-order valence-electron chi connectivity index (χ4n) is 2.39. The molecule has 8 heteroatoms. The van der Waals surface area contributed by atoms with Gasteiger partial charge in [-0.25, -0.2) is 4.79 Å². The fraction of sp³-hybridized carbons (Fsp3) is 0.526. The minimum absolute atomic E-state index is 0.00308. The Labute approximate surface area is 159 Å². The summed E-state index contributed by atoms with van der Waals surface area (Å²) in [4.78, 5) is 38.2. The van der Waals surface area contributed by atoms with Gasteiger partial charge in [-0.05, 0) is 52.3 Å². The number of anilines is 1. The number of carbonyl (C=O) groups excluding carboxylic acids is 3. The minimum atomic E-state index is -0.875. The Morgan fingerprint density at radius 1 is 1.37 bits per heavy atom. The number of hydrogen-bond acceptors (Lipinski definition) is 5. The number of likely N-dealkylation sites (N-methyl/N-ethyl adjacent to an activating group) is 1. The Kier molecular flexibility index (Phi) is 5.98. The summed E-state index contributed by atoms with van der Waals surface area (Å²) in [6, 6.07) is 3.74. The van der Waals surface area contributed by atoms with E-state index >= 15 is 0 Å². The second kappa shape index (κ2) is 7.85. The smallest absolute Gasteiger partial charge is 0.410 e. The molecule has 0 saturated heterocycles. The summed E-state index contributed by atoms with van der Waals surface area (Å²) in [6.45, 7) is 8.72. The second-order valence-electron chi connectivity index (χ2n) is 7.63. The van der Waals surface area contributed by atoms with Crippen LogP contribution in [0.5, 0.6) is 5.75 Å². The maximum atomic E-state index is 12.5. The van der Waals surface area contributed by atoms with Crippen LogP contribution in [0, 0.1) is 6.92 Å². The van der Waals surface area contributed by atoms with Crippen LogP contribution in [0.3, 0.4) is 0 Å². The molecule has 1 aliphatic heterocycles. The van der Waals surface area contributed by atoms with Crippen molar-refractivity contribution in [3.05, 3.63) is 23.8 Å². The number of nitrogens with zero attached hydrogens (tertiary/aromatic N) is 1. The predicted octanol–water partition coefficient (Wildman–Crippen LogP) is 2.07. The summed E-state index contributed by atoms with van der Waals surface area (Å²) in [5.41, 5.74) is 0.889. The number of fused-ring (bicyclic) bond motifs is 1. The number of ether oxygens (including phenoxy) is 2. The first kappa shape index (κ1) is 20.5. The molecule has 0 aliphatic carbocycles.